The zero-order valence-electron chi connectivity index (χ0n) is 86.4. The molecule has 0 saturated heterocycles. The Morgan fingerprint density at radius 3 is 0.662 bits per heavy atom. The Kier molecular flexibility index (Phi) is 35.1. The molecule has 0 aromatic heterocycles. The Morgan fingerprint density at radius 2 is 0.424 bits per heavy atom. The van der Waals surface area contributed by atoms with Gasteiger partial charge in [-0.1, -0.05) is 165 Å². The topological polar surface area (TPSA) is 158 Å². The first-order valence-electron chi connectivity index (χ1n) is 46.5. The van der Waals surface area contributed by atoms with E-state index in [0.29, 0.717) is 29.3 Å². The summed E-state index contributed by atoms with van der Waals surface area (Å²) < 4.78 is 102. The van der Waals surface area contributed by atoms with Crippen LogP contribution in [-0.2, 0) is 22.8 Å². The summed E-state index contributed by atoms with van der Waals surface area (Å²) in [6, 6.07) is 95.7. The highest BCUT2D eigenvalue weighted by Crippen LogP contribution is 2.56. The molecule has 0 heterocycles. The molecule has 15 rings (SSSR count). The number of aldehydes is 1. The highest BCUT2D eigenvalue weighted by Gasteiger charge is 2.45. The van der Waals surface area contributed by atoms with Crippen LogP contribution in [-0.4, -0.2) is 84.1 Å². The van der Waals surface area contributed by atoms with Crippen molar-refractivity contribution in [3.05, 3.63) is 397 Å². The molecule has 14 nitrogen and oxygen atoms in total. The van der Waals surface area contributed by atoms with Crippen LogP contribution in [0.1, 0.15) is 111 Å². The Labute approximate surface area is 827 Å². The number of hydrogen-bond donors (Lipinski definition) is 0. The van der Waals surface area contributed by atoms with Gasteiger partial charge in [-0.05, 0) is 351 Å². The first-order valence-corrected chi connectivity index (χ1v) is 55.1. The fourth-order valence-electron chi connectivity index (χ4n) is 17.7. The van der Waals surface area contributed by atoms with Crippen molar-refractivity contribution >= 4 is 139 Å². The van der Waals surface area contributed by atoms with Gasteiger partial charge in [0, 0.05) is 129 Å². The van der Waals surface area contributed by atoms with E-state index in [2.05, 4.69) is 270 Å². The van der Waals surface area contributed by atoms with Crippen molar-refractivity contribution in [2.45, 2.75) is 125 Å². The first kappa shape index (κ1) is 107. The van der Waals surface area contributed by atoms with E-state index in [-0.39, 0.29) is 27.2 Å². The van der Waals surface area contributed by atoms with Crippen LogP contribution < -0.4 is 118 Å². The van der Waals surface area contributed by atoms with E-state index in [1.807, 2.05) is 148 Å². The molecule has 0 atom stereocenters. The molecular weight excluding hydrogens is 1810 g/mol. The first-order chi connectivity index (χ1) is 65.9. The van der Waals surface area contributed by atoms with E-state index in [0.717, 1.165) is 147 Å². The van der Waals surface area contributed by atoms with Gasteiger partial charge in [0.1, 0.15) is 39.4 Å². The maximum Gasteiger partial charge on any atom is 0.190 e. The molecule has 722 valence electrons. The number of ether oxygens (including phenoxy) is 5. The summed E-state index contributed by atoms with van der Waals surface area (Å²) in [7, 11) is 3.65. The molecule has 15 aromatic rings. The lowest BCUT2D eigenvalue weighted by molar-refractivity contribution is 0.112. The second kappa shape index (κ2) is 45.6. The predicted octanol–water partition coefficient (Wildman–Crippen LogP) is 22.2. The average Bonchev–Trinajstić information content (AvgIpc) is 0.715. The molecule has 0 saturated carbocycles. The maximum atomic E-state index is 15.5. The largest absolute Gasteiger partial charge is 0.496 e. The minimum absolute atomic E-state index is 0.197. The third kappa shape index (κ3) is 23.2. The van der Waals surface area contributed by atoms with Crippen molar-refractivity contribution in [3.8, 4) is 28.7 Å². The van der Waals surface area contributed by atoms with Crippen LogP contribution in [0.2, 0.25) is 0 Å². The van der Waals surface area contributed by atoms with Crippen molar-refractivity contribution in [3.63, 3.8) is 0 Å². The summed E-state index contributed by atoms with van der Waals surface area (Å²) in [4.78, 5) is 18.3. The van der Waals surface area contributed by atoms with Gasteiger partial charge < -0.3 is 61.2 Å². The number of benzene rings is 15. The highest BCUT2D eigenvalue weighted by molar-refractivity contribution is 7.87. The standard InChI is InChI=1S/C24H30N3OP.C24H25O7P.3C24H27OP/c1-25(2)19-7-13-22(14-8-19)29(28,23-15-9-20(10-16-23)26(3)4)24-17-11-21(12-18-24)27(5)6;1-27-17-10-6-9-16(15-25)22(17)32(26,23-18(28-2)11-7-12-19(23)29-3)24-20(30-4)13-8-14-21(24)31-5;1-16-7-17(2)11-22(10-16)26(25,23-12-18(3)8-19(4)13-23)24-14-20(5)9-21(6)15-24;1-16-7-10-22(13-19(16)4)26(25,23-11-8-17(2)20(5)14-23)24-12-9-18(3)21(6)15-24;1-16-7-10-19(4)22(13-16)26(25,23-14-17(2)8-11-20(23)5)24-15-18(3)9-12-21(24)6/h7-18H,1-6H3;6-15H,1-5H3;3*7-15H,1-6H3. The monoisotopic (exact) mass is 1950 g/mol. The lowest BCUT2D eigenvalue weighted by Crippen LogP contribution is -2.31. The number of nitrogens with zero attached hydrogens (tertiary/aromatic N) is 3. The second-order valence-corrected chi connectivity index (χ2v) is 50.6. The van der Waals surface area contributed by atoms with Crippen LogP contribution in [0.15, 0.2) is 291 Å². The van der Waals surface area contributed by atoms with Crippen LogP contribution in [0.25, 0.3) is 0 Å². The van der Waals surface area contributed by atoms with E-state index in [9.17, 15) is 23.1 Å². The fraction of sp³-hybridized carbons (Fsp3) is 0.242. The van der Waals surface area contributed by atoms with E-state index >= 15 is 4.57 Å². The van der Waals surface area contributed by atoms with Gasteiger partial charge in [-0.2, -0.15) is 0 Å². The quantitative estimate of drug-likeness (QED) is 0.0415. The smallest absolute Gasteiger partial charge is 0.190 e. The summed E-state index contributed by atoms with van der Waals surface area (Å²) in [5, 5.41) is 11.6. The van der Waals surface area contributed by atoms with E-state index in [1.165, 1.54) is 68.9 Å². The molecule has 0 unspecified atom stereocenters. The minimum atomic E-state index is -3.96. The molecular formula is C120H136N3O11P5. The number of anilines is 3. The number of aryl methyl sites for hydroxylation is 18. The fourth-order valence-corrected chi connectivity index (χ4v) is 33.6. The molecule has 0 aliphatic carbocycles. The molecule has 0 fully saturated rings. The summed E-state index contributed by atoms with van der Waals surface area (Å²) in [5.74, 6) is 1.57. The average molecular weight is 1950 g/mol. The normalized spacial score (nSPS) is 11.4. The molecule has 19 heteroatoms. The van der Waals surface area contributed by atoms with E-state index < -0.39 is 35.7 Å². The number of carbonyl (C=O) groups is 1. The van der Waals surface area contributed by atoms with Crippen molar-refractivity contribution in [1.29, 1.82) is 0 Å². The molecule has 0 spiro atoms. The third-order valence-corrected chi connectivity index (χ3v) is 41.5. The van der Waals surface area contributed by atoms with Crippen LogP contribution in [0, 0.1) is 125 Å². The van der Waals surface area contributed by atoms with Crippen molar-refractivity contribution < 1.29 is 51.3 Å². The Hall–Kier alpha value is -12.5. The Bertz CT molecular complexity index is 6570. The number of carbonyl (C=O) groups excluding carboxylic acids is 1. The molecule has 0 aliphatic heterocycles. The van der Waals surface area contributed by atoms with Gasteiger partial charge in [0.15, 0.2) is 42.0 Å². The van der Waals surface area contributed by atoms with Gasteiger partial charge in [-0.3, -0.25) is 4.79 Å². The highest BCUT2D eigenvalue weighted by atomic mass is 31.2. The Morgan fingerprint density at radius 1 is 0.201 bits per heavy atom. The molecule has 139 heavy (non-hydrogen) atoms. The summed E-state index contributed by atoms with van der Waals surface area (Å²) >= 11 is 0. The molecule has 0 N–H and O–H groups in total. The summed E-state index contributed by atoms with van der Waals surface area (Å²) in [5.41, 5.74) is 24.2. The molecule has 0 radical (unpaired) electrons. The Balaban J connectivity index is 0.000000167. The van der Waals surface area contributed by atoms with Gasteiger partial charge in [-0.15, -0.1) is 0 Å². The zero-order chi connectivity index (χ0) is 102. The van der Waals surface area contributed by atoms with Gasteiger partial charge in [0.2, 0.25) is 0 Å². The third-order valence-electron chi connectivity index (χ3n) is 25.7. The van der Waals surface area contributed by atoms with Gasteiger partial charge in [-0.25, -0.2) is 0 Å². The summed E-state index contributed by atoms with van der Waals surface area (Å²) in [6.07, 6.45) is 0.647. The lowest BCUT2D eigenvalue weighted by atomic mass is 10.1. The number of hydrogen-bond acceptors (Lipinski definition) is 14. The van der Waals surface area contributed by atoms with Crippen molar-refractivity contribution in [1.82, 2.24) is 0 Å². The van der Waals surface area contributed by atoms with E-state index in [1.54, 1.807) is 54.6 Å². The maximum absolute atomic E-state index is 15.5. The zero-order valence-corrected chi connectivity index (χ0v) is 90.8. The van der Waals surface area contributed by atoms with Gasteiger partial charge in [0.05, 0.1) is 40.9 Å². The number of rotatable bonds is 24. The molecule has 0 amide bonds. The number of methoxy groups -OCH3 is 5. The van der Waals surface area contributed by atoms with Crippen LogP contribution in [0.5, 0.6) is 28.7 Å². The van der Waals surface area contributed by atoms with Crippen LogP contribution >= 0.6 is 35.7 Å². The van der Waals surface area contributed by atoms with Gasteiger partial charge >= 0.3 is 0 Å². The SMILES string of the molecule is CN(C)c1ccc(P(=O)(c2ccc(N(C)C)cc2)c2ccc(N(C)C)cc2)cc1.COc1cccc(C=O)c1P(=O)(c1c(OC)cccc1OC)c1c(OC)cccc1OC.Cc1cc(C)cc(P(=O)(c2cc(C)cc(C)c2)c2cc(C)cc(C)c2)c1.Cc1ccc(C)c(P(=O)(c2cc(C)ccc2C)c2cc(C)ccc2C)c1.Cc1ccc(P(=O)(c2ccc(C)c(C)c2)c2ccc(C)c(C)c2)cc1C. The molecule has 0 bridgehead atoms. The van der Waals surface area contributed by atoms with Crippen molar-refractivity contribution in [2.75, 3.05) is 92.5 Å². The minimum Gasteiger partial charge on any atom is -0.496 e. The van der Waals surface area contributed by atoms with Crippen molar-refractivity contribution in [2.24, 2.45) is 0 Å². The van der Waals surface area contributed by atoms with Crippen LogP contribution in [0.3, 0.4) is 0 Å². The van der Waals surface area contributed by atoms with Crippen LogP contribution in [0.4, 0.5) is 17.1 Å². The second-order valence-electron chi connectivity index (χ2n) is 37.0. The summed E-state index contributed by atoms with van der Waals surface area (Å²) in [6.45, 7) is 37.4. The van der Waals surface area contributed by atoms with E-state index in [4.69, 9.17) is 23.7 Å². The lowest BCUT2D eigenvalue weighted by Gasteiger charge is -2.28. The van der Waals surface area contributed by atoms with Gasteiger partial charge in [0.25, 0.3) is 0 Å². The molecule has 15 aromatic carbocycles. The predicted molar refractivity (Wildman–Crippen MR) is 596 cm³/mol. The molecule has 0 aliphatic rings.